The lowest BCUT2D eigenvalue weighted by atomic mass is 10.2. The summed E-state index contributed by atoms with van der Waals surface area (Å²) in [4.78, 5) is 11.8. The lowest BCUT2D eigenvalue weighted by molar-refractivity contribution is 0.0943. The number of rotatable bonds is 7. The number of aryl methyl sites for hydroxylation is 2. The molecular formula is C12H22N4O. The molecule has 1 aromatic heterocycles. The maximum Gasteiger partial charge on any atom is 0.269 e. The molecule has 0 saturated carbocycles. The Kier molecular flexibility index (Phi) is 5.69. The summed E-state index contributed by atoms with van der Waals surface area (Å²) in [6, 6.07) is 1.80. The normalized spacial score (nSPS) is 10.5. The Balaban J connectivity index is 2.23. The van der Waals surface area contributed by atoms with Gasteiger partial charge < -0.3 is 11.1 Å². The average Bonchev–Trinajstić information content (AvgIpc) is 2.62. The monoisotopic (exact) mass is 238 g/mol. The van der Waals surface area contributed by atoms with Gasteiger partial charge in [-0.25, -0.2) is 0 Å². The number of aromatic nitrogens is 2. The fraction of sp³-hybridized carbons (Fsp3) is 0.667. The maximum absolute atomic E-state index is 11.8. The first-order valence-corrected chi connectivity index (χ1v) is 6.14. The van der Waals surface area contributed by atoms with Gasteiger partial charge in [0.25, 0.3) is 5.91 Å². The van der Waals surface area contributed by atoms with Crippen LogP contribution in [0.3, 0.4) is 0 Å². The predicted molar refractivity (Wildman–Crippen MR) is 67.8 cm³/mol. The van der Waals surface area contributed by atoms with Gasteiger partial charge in [-0.2, -0.15) is 5.10 Å². The molecule has 5 heteroatoms. The largest absolute Gasteiger partial charge is 0.351 e. The van der Waals surface area contributed by atoms with Crippen LogP contribution in [0.5, 0.6) is 0 Å². The summed E-state index contributed by atoms with van der Waals surface area (Å²) >= 11 is 0. The van der Waals surface area contributed by atoms with E-state index in [1.165, 1.54) is 0 Å². The van der Waals surface area contributed by atoms with Crippen LogP contribution in [-0.4, -0.2) is 28.8 Å². The number of unbranched alkanes of at least 4 members (excludes halogenated alkanes) is 3. The second-order valence-electron chi connectivity index (χ2n) is 4.25. The van der Waals surface area contributed by atoms with Crippen LogP contribution in [0, 0.1) is 6.92 Å². The minimum absolute atomic E-state index is 0.0491. The molecule has 1 amide bonds. The van der Waals surface area contributed by atoms with Crippen LogP contribution < -0.4 is 11.1 Å². The van der Waals surface area contributed by atoms with E-state index in [-0.39, 0.29) is 5.91 Å². The predicted octanol–water partition coefficient (Wildman–Crippen LogP) is 0.977. The van der Waals surface area contributed by atoms with Crippen molar-refractivity contribution in [3.8, 4) is 0 Å². The number of carbonyl (C=O) groups is 1. The van der Waals surface area contributed by atoms with Crippen molar-refractivity contribution in [2.75, 3.05) is 13.1 Å². The van der Waals surface area contributed by atoms with Gasteiger partial charge in [0.2, 0.25) is 0 Å². The van der Waals surface area contributed by atoms with Crippen molar-refractivity contribution < 1.29 is 4.79 Å². The van der Waals surface area contributed by atoms with Crippen molar-refractivity contribution >= 4 is 5.91 Å². The molecule has 0 fully saturated rings. The third kappa shape index (κ3) is 4.56. The SMILES string of the molecule is Cc1cc(C(=O)NCCCCCCN)n(C)n1. The zero-order chi connectivity index (χ0) is 12.7. The molecule has 17 heavy (non-hydrogen) atoms. The van der Waals surface area contributed by atoms with Gasteiger partial charge in [-0.15, -0.1) is 0 Å². The minimum Gasteiger partial charge on any atom is -0.351 e. The van der Waals surface area contributed by atoms with Crippen molar-refractivity contribution in [3.63, 3.8) is 0 Å². The van der Waals surface area contributed by atoms with Crippen LogP contribution in [0.4, 0.5) is 0 Å². The molecule has 0 bridgehead atoms. The zero-order valence-electron chi connectivity index (χ0n) is 10.7. The van der Waals surface area contributed by atoms with E-state index in [2.05, 4.69) is 10.4 Å². The fourth-order valence-electron chi connectivity index (χ4n) is 1.74. The van der Waals surface area contributed by atoms with Gasteiger partial charge in [-0.3, -0.25) is 9.48 Å². The summed E-state index contributed by atoms with van der Waals surface area (Å²) in [5.41, 5.74) is 6.88. The Hall–Kier alpha value is -1.36. The summed E-state index contributed by atoms with van der Waals surface area (Å²) in [7, 11) is 1.78. The van der Waals surface area contributed by atoms with Crippen LogP contribution in [-0.2, 0) is 7.05 Å². The van der Waals surface area contributed by atoms with Crippen molar-refractivity contribution in [3.05, 3.63) is 17.5 Å². The number of nitrogens with two attached hydrogens (primary N) is 1. The maximum atomic E-state index is 11.8. The molecule has 3 N–H and O–H groups in total. The van der Waals surface area contributed by atoms with Crippen molar-refractivity contribution in [1.82, 2.24) is 15.1 Å². The van der Waals surface area contributed by atoms with Gasteiger partial charge in [0, 0.05) is 13.6 Å². The molecule has 1 aromatic rings. The molecule has 0 atom stereocenters. The summed E-state index contributed by atoms with van der Waals surface area (Å²) < 4.78 is 1.61. The van der Waals surface area contributed by atoms with Crippen LogP contribution in [0.25, 0.3) is 0 Å². The van der Waals surface area contributed by atoms with E-state index in [0.29, 0.717) is 12.2 Å². The number of nitrogens with one attached hydrogen (secondary N) is 1. The van der Waals surface area contributed by atoms with E-state index in [4.69, 9.17) is 5.73 Å². The van der Waals surface area contributed by atoms with Crippen LogP contribution in [0.1, 0.15) is 41.9 Å². The van der Waals surface area contributed by atoms with E-state index in [1.807, 2.05) is 6.92 Å². The van der Waals surface area contributed by atoms with Crippen molar-refractivity contribution in [2.45, 2.75) is 32.6 Å². The zero-order valence-corrected chi connectivity index (χ0v) is 10.7. The van der Waals surface area contributed by atoms with E-state index < -0.39 is 0 Å². The third-order valence-electron chi connectivity index (χ3n) is 2.65. The number of carbonyl (C=O) groups excluding carboxylic acids is 1. The fourth-order valence-corrected chi connectivity index (χ4v) is 1.74. The topological polar surface area (TPSA) is 72.9 Å². The van der Waals surface area contributed by atoms with Gasteiger partial charge >= 0.3 is 0 Å². The highest BCUT2D eigenvalue weighted by Crippen LogP contribution is 2.02. The number of nitrogens with zero attached hydrogens (tertiary/aromatic N) is 2. The highest BCUT2D eigenvalue weighted by Gasteiger charge is 2.10. The Morgan fingerprint density at radius 2 is 2.12 bits per heavy atom. The minimum atomic E-state index is -0.0491. The van der Waals surface area contributed by atoms with Gasteiger partial charge in [0.05, 0.1) is 5.69 Å². The molecule has 96 valence electrons. The Labute approximate surface area is 102 Å². The molecule has 1 rings (SSSR count). The quantitative estimate of drug-likeness (QED) is 0.695. The first kappa shape index (κ1) is 13.7. The van der Waals surface area contributed by atoms with Crippen molar-refractivity contribution in [2.24, 2.45) is 12.8 Å². The molecule has 0 saturated heterocycles. The first-order chi connectivity index (χ1) is 8.15. The van der Waals surface area contributed by atoms with Crippen LogP contribution in [0.2, 0.25) is 0 Å². The molecule has 0 aromatic carbocycles. The molecule has 1 heterocycles. The molecule has 0 unspecified atom stereocenters. The summed E-state index contributed by atoms with van der Waals surface area (Å²) in [5, 5.41) is 7.04. The number of hydrogen-bond donors (Lipinski definition) is 2. The molecule has 0 aliphatic rings. The van der Waals surface area contributed by atoms with Gasteiger partial charge in [0.1, 0.15) is 5.69 Å². The molecule has 0 aliphatic carbocycles. The van der Waals surface area contributed by atoms with Gasteiger partial charge in [0.15, 0.2) is 0 Å². The number of amides is 1. The summed E-state index contributed by atoms with van der Waals surface area (Å²) in [6.45, 7) is 3.35. The van der Waals surface area contributed by atoms with Crippen LogP contribution >= 0.6 is 0 Å². The summed E-state index contributed by atoms with van der Waals surface area (Å²) in [6.07, 6.45) is 4.32. The van der Waals surface area contributed by atoms with Gasteiger partial charge in [-0.1, -0.05) is 12.8 Å². The number of hydrogen-bond acceptors (Lipinski definition) is 3. The lowest BCUT2D eigenvalue weighted by Crippen LogP contribution is -2.26. The standard InChI is InChI=1S/C12H22N4O/c1-10-9-11(16(2)15-10)12(17)14-8-6-4-3-5-7-13/h9H,3-8,13H2,1-2H3,(H,14,17). The summed E-state index contributed by atoms with van der Waals surface area (Å²) in [5.74, 6) is -0.0491. The van der Waals surface area contributed by atoms with Crippen molar-refractivity contribution in [1.29, 1.82) is 0 Å². The third-order valence-corrected chi connectivity index (χ3v) is 2.65. The Morgan fingerprint density at radius 3 is 2.71 bits per heavy atom. The highest BCUT2D eigenvalue weighted by atomic mass is 16.2. The molecule has 0 spiro atoms. The Bertz CT molecular complexity index is 359. The lowest BCUT2D eigenvalue weighted by Gasteiger charge is -2.04. The first-order valence-electron chi connectivity index (χ1n) is 6.14. The second-order valence-corrected chi connectivity index (χ2v) is 4.25. The molecule has 0 aliphatic heterocycles. The van der Waals surface area contributed by atoms with E-state index >= 15 is 0 Å². The van der Waals surface area contributed by atoms with Gasteiger partial charge in [-0.05, 0) is 32.4 Å². The highest BCUT2D eigenvalue weighted by molar-refractivity contribution is 5.92. The van der Waals surface area contributed by atoms with E-state index in [0.717, 1.165) is 37.9 Å². The second kappa shape index (κ2) is 7.06. The molecule has 0 radical (unpaired) electrons. The van der Waals surface area contributed by atoms with Crippen LogP contribution in [0.15, 0.2) is 6.07 Å². The van der Waals surface area contributed by atoms with E-state index in [1.54, 1.807) is 17.8 Å². The van der Waals surface area contributed by atoms with E-state index in [9.17, 15) is 4.79 Å². The average molecular weight is 238 g/mol. The molecule has 5 nitrogen and oxygen atoms in total. The smallest absolute Gasteiger partial charge is 0.269 e. The molecular weight excluding hydrogens is 216 g/mol. The Morgan fingerprint density at radius 1 is 1.41 bits per heavy atom.